The number of nitrogens with zero attached hydrogens (tertiary/aromatic N) is 2. The Labute approximate surface area is 229 Å². The Morgan fingerprint density at radius 2 is 2.03 bits per heavy atom. The van der Waals surface area contributed by atoms with Crippen molar-refractivity contribution in [2.45, 2.75) is 57.8 Å². The highest BCUT2D eigenvalue weighted by Crippen LogP contribution is 2.45. The summed E-state index contributed by atoms with van der Waals surface area (Å²) in [7, 11) is 0. The second-order valence-electron chi connectivity index (χ2n) is 9.62. The van der Waals surface area contributed by atoms with E-state index in [0.29, 0.717) is 28.5 Å². The summed E-state index contributed by atoms with van der Waals surface area (Å²) in [5.41, 5.74) is 1.84. The Kier molecular flexibility index (Phi) is 7.29. The van der Waals surface area contributed by atoms with E-state index < -0.39 is 30.1 Å². The smallest absolute Gasteiger partial charge is 0.410 e. The van der Waals surface area contributed by atoms with Crippen molar-refractivity contribution in [3.05, 3.63) is 62.1 Å². The van der Waals surface area contributed by atoms with E-state index in [9.17, 15) is 22.8 Å². The number of esters is 1. The molecule has 1 aliphatic heterocycles. The summed E-state index contributed by atoms with van der Waals surface area (Å²) in [5.74, 6) is -0.733. The lowest BCUT2D eigenvalue weighted by Crippen LogP contribution is -2.36. The van der Waals surface area contributed by atoms with Gasteiger partial charge in [-0.3, -0.25) is 4.79 Å². The second-order valence-corrected chi connectivity index (χ2v) is 11.6. The number of nitrogens with one attached hydrogen (secondary N) is 2. The number of hydrogen-bond donors (Lipinski definition) is 2. The highest BCUT2D eigenvalue weighted by atomic mass is 79.9. The predicted octanol–water partition coefficient (Wildman–Crippen LogP) is 6.92. The monoisotopic (exact) mass is 610 g/mol. The Balaban J connectivity index is 1.49. The third-order valence-electron chi connectivity index (χ3n) is 6.97. The molecule has 0 unspecified atom stereocenters. The molecule has 0 spiro atoms. The maximum absolute atomic E-state index is 14.1. The highest BCUT2D eigenvalue weighted by Gasteiger charge is 2.47. The van der Waals surface area contributed by atoms with Gasteiger partial charge in [0, 0.05) is 15.8 Å². The fourth-order valence-corrected chi connectivity index (χ4v) is 6.73. The molecule has 2 N–H and O–H groups in total. The van der Waals surface area contributed by atoms with Crippen molar-refractivity contribution < 1.29 is 27.5 Å². The largest absolute Gasteiger partial charge is 0.462 e. The van der Waals surface area contributed by atoms with Gasteiger partial charge in [-0.15, -0.1) is 11.3 Å². The number of aromatic nitrogens is 2. The van der Waals surface area contributed by atoms with Gasteiger partial charge in [0.2, 0.25) is 0 Å². The molecular weight excluding hydrogens is 585 g/mol. The molecule has 0 bridgehead atoms. The third-order valence-corrected chi connectivity index (χ3v) is 8.67. The van der Waals surface area contributed by atoms with Gasteiger partial charge in [-0.1, -0.05) is 35.0 Å². The molecule has 5 rings (SSSR count). The molecule has 7 nitrogen and oxygen atoms in total. The second kappa shape index (κ2) is 10.4. The van der Waals surface area contributed by atoms with Gasteiger partial charge in [0.15, 0.2) is 6.04 Å². The summed E-state index contributed by atoms with van der Waals surface area (Å²) in [6.45, 7) is 4.03. The lowest BCUT2D eigenvalue weighted by Gasteiger charge is -2.34. The number of amides is 1. The number of benzene rings is 1. The van der Waals surface area contributed by atoms with Crippen LogP contribution in [0.1, 0.15) is 75.5 Å². The van der Waals surface area contributed by atoms with Crippen molar-refractivity contribution in [2.75, 3.05) is 17.2 Å². The van der Waals surface area contributed by atoms with Crippen LogP contribution < -0.4 is 10.6 Å². The van der Waals surface area contributed by atoms with Crippen LogP contribution in [0.3, 0.4) is 0 Å². The normalized spacial score (nSPS) is 20.7. The van der Waals surface area contributed by atoms with E-state index in [4.69, 9.17) is 4.74 Å². The van der Waals surface area contributed by atoms with Crippen LogP contribution in [0.5, 0.6) is 0 Å². The number of carbonyl (C=O) groups excluding carboxylic acids is 2. The predicted molar refractivity (Wildman–Crippen MR) is 142 cm³/mol. The van der Waals surface area contributed by atoms with Crippen molar-refractivity contribution in [3.8, 4) is 0 Å². The number of ether oxygens (including phenoxy) is 1. The molecule has 3 heterocycles. The number of rotatable bonds is 5. The van der Waals surface area contributed by atoms with Crippen molar-refractivity contribution in [1.82, 2.24) is 9.78 Å². The molecule has 0 radical (unpaired) electrons. The van der Waals surface area contributed by atoms with Crippen LogP contribution in [-0.2, 0) is 17.6 Å². The number of fused-ring (bicyclic) bond motifs is 2. The summed E-state index contributed by atoms with van der Waals surface area (Å²) in [6, 6.07) is 4.41. The van der Waals surface area contributed by atoms with Gasteiger partial charge < -0.3 is 15.4 Å². The molecule has 0 fully saturated rings. The molecule has 38 heavy (non-hydrogen) atoms. The van der Waals surface area contributed by atoms with Gasteiger partial charge in [0.05, 0.1) is 24.4 Å². The highest BCUT2D eigenvalue weighted by molar-refractivity contribution is 9.10. The topological polar surface area (TPSA) is 85.2 Å². The fourth-order valence-electron chi connectivity index (χ4n) is 5.07. The number of carbonyl (C=O) groups is 2. The first-order valence-electron chi connectivity index (χ1n) is 12.4. The van der Waals surface area contributed by atoms with Crippen LogP contribution in [-0.4, -0.2) is 34.4 Å². The van der Waals surface area contributed by atoms with Crippen LogP contribution >= 0.6 is 27.3 Å². The summed E-state index contributed by atoms with van der Waals surface area (Å²) in [5, 5.41) is 10.2. The van der Waals surface area contributed by atoms with Crippen molar-refractivity contribution >= 4 is 50.0 Å². The third kappa shape index (κ3) is 5.07. The van der Waals surface area contributed by atoms with Crippen molar-refractivity contribution in [1.29, 1.82) is 0 Å². The Morgan fingerprint density at radius 1 is 1.29 bits per heavy atom. The molecule has 1 amide bonds. The zero-order valence-electron chi connectivity index (χ0n) is 20.7. The van der Waals surface area contributed by atoms with Crippen molar-refractivity contribution in [2.24, 2.45) is 5.92 Å². The van der Waals surface area contributed by atoms with Gasteiger partial charge in [0.1, 0.15) is 16.4 Å². The first kappa shape index (κ1) is 26.7. The minimum Gasteiger partial charge on any atom is -0.462 e. The lowest BCUT2D eigenvalue weighted by atomic mass is 9.88. The van der Waals surface area contributed by atoms with Gasteiger partial charge in [-0.25, -0.2) is 9.48 Å². The molecule has 12 heteroatoms. The molecule has 2 aromatic heterocycles. The molecule has 202 valence electrons. The molecular formula is C26H26BrF3N4O3S. The average Bonchev–Trinajstić information content (AvgIpc) is 3.44. The maximum atomic E-state index is 14.1. The van der Waals surface area contributed by atoms with Crippen LogP contribution in [0.2, 0.25) is 0 Å². The quantitative estimate of drug-likeness (QED) is 0.306. The molecule has 2 aliphatic rings. The molecule has 3 atom stereocenters. The van der Waals surface area contributed by atoms with Crippen LogP contribution in [0.15, 0.2) is 34.9 Å². The van der Waals surface area contributed by atoms with Gasteiger partial charge in [-0.2, -0.15) is 18.3 Å². The van der Waals surface area contributed by atoms with E-state index in [-0.39, 0.29) is 24.4 Å². The first-order chi connectivity index (χ1) is 18.1. The first-order valence-corrected chi connectivity index (χ1v) is 14.0. The summed E-state index contributed by atoms with van der Waals surface area (Å²) >= 11 is 4.67. The SMILES string of the molecule is CCOC(=O)c1c(NC(=O)c2cnn3c2N[C@@H](c2ccc(Br)cc2)C[C@@H]3C(F)(F)F)sc2c1CC[C@@H](C)C2. The van der Waals surface area contributed by atoms with Crippen LogP contribution in [0, 0.1) is 5.92 Å². The minimum atomic E-state index is -4.56. The number of thiophene rings is 1. The number of anilines is 2. The van der Waals surface area contributed by atoms with E-state index >= 15 is 0 Å². The van der Waals surface area contributed by atoms with E-state index in [1.165, 1.54) is 11.3 Å². The zero-order valence-corrected chi connectivity index (χ0v) is 23.1. The standard InChI is InChI=1S/C26H26BrF3N4O3S/c1-3-37-25(36)21-16-9-4-13(2)10-19(16)38-24(21)33-23(35)17-12-31-34-20(26(28,29)30)11-18(32-22(17)34)14-5-7-15(27)8-6-14/h5-8,12-13,18,20,32H,3-4,9-11H2,1-2H3,(H,33,35)/t13-,18-,20-/m1/s1. The summed E-state index contributed by atoms with van der Waals surface area (Å²) < 4.78 is 49.1. The molecule has 1 aliphatic carbocycles. The number of alkyl halides is 3. The van der Waals surface area contributed by atoms with Gasteiger partial charge >= 0.3 is 12.1 Å². The summed E-state index contributed by atoms with van der Waals surface area (Å²) in [4.78, 5) is 27.3. The van der Waals surface area contributed by atoms with E-state index in [2.05, 4.69) is 38.6 Å². The summed E-state index contributed by atoms with van der Waals surface area (Å²) in [6.07, 6.45) is -1.30. The lowest BCUT2D eigenvalue weighted by molar-refractivity contribution is -0.173. The molecule has 0 saturated heterocycles. The fraction of sp³-hybridized carbons (Fsp3) is 0.423. The maximum Gasteiger partial charge on any atom is 0.410 e. The molecule has 1 aromatic carbocycles. The van der Waals surface area contributed by atoms with E-state index in [1.807, 2.05) is 0 Å². The van der Waals surface area contributed by atoms with E-state index in [0.717, 1.165) is 38.6 Å². The minimum absolute atomic E-state index is 0.0170. The van der Waals surface area contributed by atoms with E-state index in [1.54, 1.807) is 31.2 Å². The number of hydrogen-bond acceptors (Lipinski definition) is 6. The average molecular weight is 611 g/mol. The van der Waals surface area contributed by atoms with Gasteiger partial charge in [0.25, 0.3) is 5.91 Å². The molecule has 3 aromatic rings. The van der Waals surface area contributed by atoms with Gasteiger partial charge in [-0.05, 0) is 55.4 Å². The Hall–Kier alpha value is -2.86. The zero-order chi connectivity index (χ0) is 27.2. The van der Waals surface area contributed by atoms with Crippen LogP contribution in [0.4, 0.5) is 24.0 Å². The number of halogens is 4. The Bertz CT molecular complexity index is 1370. The van der Waals surface area contributed by atoms with Crippen LogP contribution in [0.25, 0.3) is 0 Å². The Morgan fingerprint density at radius 3 is 2.71 bits per heavy atom. The molecule has 0 saturated carbocycles. The van der Waals surface area contributed by atoms with Crippen molar-refractivity contribution in [3.63, 3.8) is 0 Å².